The van der Waals surface area contributed by atoms with Crippen LogP contribution in [-0.4, -0.2) is 25.8 Å². The van der Waals surface area contributed by atoms with E-state index in [9.17, 15) is 8.78 Å². The fourth-order valence-electron chi connectivity index (χ4n) is 2.26. The minimum atomic E-state index is -0.567. The minimum absolute atomic E-state index is 0.134. The van der Waals surface area contributed by atoms with Crippen LogP contribution in [0.3, 0.4) is 0 Å². The predicted molar refractivity (Wildman–Crippen MR) is 56.6 cm³/mol. The van der Waals surface area contributed by atoms with Gasteiger partial charge in [-0.1, -0.05) is 0 Å². The lowest BCUT2D eigenvalue weighted by molar-refractivity contribution is 0.186. The summed E-state index contributed by atoms with van der Waals surface area (Å²) in [6.45, 7) is 1.89. The van der Waals surface area contributed by atoms with Gasteiger partial charge in [-0.3, -0.25) is 0 Å². The van der Waals surface area contributed by atoms with Crippen molar-refractivity contribution in [3.05, 3.63) is 23.8 Å². The van der Waals surface area contributed by atoms with E-state index in [2.05, 4.69) is 10.6 Å². The van der Waals surface area contributed by atoms with Gasteiger partial charge >= 0.3 is 0 Å². The van der Waals surface area contributed by atoms with Crippen LogP contribution in [0.25, 0.3) is 0 Å². The highest BCUT2D eigenvalue weighted by Gasteiger charge is 2.31. The molecule has 16 heavy (non-hydrogen) atoms. The van der Waals surface area contributed by atoms with Crippen LogP contribution in [0, 0.1) is 17.6 Å². The Bertz CT molecular complexity index is 425. The molecular formula is C11H12F2N2O. The summed E-state index contributed by atoms with van der Waals surface area (Å²) >= 11 is 0. The van der Waals surface area contributed by atoms with E-state index in [1.165, 1.54) is 6.07 Å². The summed E-state index contributed by atoms with van der Waals surface area (Å²) in [5.74, 6) is -0.818. The van der Waals surface area contributed by atoms with Gasteiger partial charge in [-0.2, -0.15) is 0 Å². The van der Waals surface area contributed by atoms with E-state index in [0.717, 1.165) is 6.07 Å². The first kappa shape index (κ1) is 9.84. The second-order valence-electron chi connectivity index (χ2n) is 4.24. The number of rotatable bonds is 0. The lowest BCUT2D eigenvalue weighted by Crippen LogP contribution is -2.29. The molecule has 3 nitrogen and oxygen atoms in total. The largest absolute Gasteiger partial charge is 0.381 e. The maximum atomic E-state index is 13.5. The summed E-state index contributed by atoms with van der Waals surface area (Å²) < 4.78 is 31.9. The van der Waals surface area contributed by atoms with Gasteiger partial charge < -0.3 is 15.4 Å². The van der Waals surface area contributed by atoms with Crippen LogP contribution < -0.4 is 10.6 Å². The molecule has 2 atom stereocenters. The molecule has 3 rings (SSSR count). The molecule has 0 bridgehead atoms. The van der Waals surface area contributed by atoms with E-state index in [4.69, 9.17) is 4.74 Å². The van der Waals surface area contributed by atoms with E-state index >= 15 is 0 Å². The molecule has 1 saturated heterocycles. The number of benzene rings is 1. The Labute approximate surface area is 91.8 Å². The second kappa shape index (κ2) is 3.59. The number of anilines is 2. The Balaban J connectivity index is 2.00. The SMILES string of the molecule is Fc1cc(F)c2c(c1)NC1COCC1CN2. The first-order valence-electron chi connectivity index (χ1n) is 5.31. The minimum Gasteiger partial charge on any atom is -0.381 e. The standard InChI is InChI=1S/C11H12F2N2O/c12-7-1-8(13)11-9(2-7)15-10-5-16-4-6(10)3-14-11/h1-2,6,10,14-15H,3-5H2. The zero-order chi connectivity index (χ0) is 11.1. The smallest absolute Gasteiger partial charge is 0.151 e. The van der Waals surface area contributed by atoms with E-state index in [1.807, 2.05) is 0 Å². The van der Waals surface area contributed by atoms with E-state index in [0.29, 0.717) is 37.1 Å². The maximum Gasteiger partial charge on any atom is 0.151 e. The summed E-state index contributed by atoms with van der Waals surface area (Å²) in [6.07, 6.45) is 0. The summed E-state index contributed by atoms with van der Waals surface area (Å²) in [7, 11) is 0. The van der Waals surface area contributed by atoms with Crippen molar-refractivity contribution in [2.24, 2.45) is 5.92 Å². The number of nitrogens with one attached hydrogen (secondary N) is 2. The van der Waals surface area contributed by atoms with Crippen molar-refractivity contribution >= 4 is 11.4 Å². The molecule has 5 heteroatoms. The highest BCUT2D eigenvalue weighted by Crippen LogP contribution is 2.32. The average molecular weight is 226 g/mol. The fraction of sp³-hybridized carbons (Fsp3) is 0.455. The predicted octanol–water partition coefficient (Wildman–Crippen LogP) is 1.82. The number of hydrogen-bond donors (Lipinski definition) is 2. The molecule has 2 heterocycles. The van der Waals surface area contributed by atoms with Gasteiger partial charge in [-0.05, 0) is 6.07 Å². The average Bonchev–Trinajstić information content (AvgIpc) is 2.57. The topological polar surface area (TPSA) is 33.3 Å². The monoisotopic (exact) mass is 226 g/mol. The van der Waals surface area contributed by atoms with Gasteiger partial charge in [-0.15, -0.1) is 0 Å². The van der Waals surface area contributed by atoms with Gasteiger partial charge in [0, 0.05) is 18.5 Å². The summed E-state index contributed by atoms with van der Waals surface area (Å²) in [6, 6.07) is 2.34. The molecule has 1 aromatic carbocycles. The van der Waals surface area contributed by atoms with Crippen molar-refractivity contribution in [2.75, 3.05) is 30.4 Å². The van der Waals surface area contributed by atoms with Crippen LogP contribution in [0.15, 0.2) is 12.1 Å². The molecule has 0 saturated carbocycles. The van der Waals surface area contributed by atoms with Crippen molar-refractivity contribution in [1.29, 1.82) is 0 Å². The molecule has 2 aliphatic heterocycles. The Morgan fingerprint density at radius 3 is 3.00 bits per heavy atom. The molecule has 0 spiro atoms. The van der Waals surface area contributed by atoms with Gasteiger partial charge in [-0.25, -0.2) is 8.78 Å². The number of halogens is 2. The van der Waals surface area contributed by atoms with Crippen molar-refractivity contribution in [3.8, 4) is 0 Å². The van der Waals surface area contributed by atoms with Crippen LogP contribution in [0.2, 0.25) is 0 Å². The Hall–Kier alpha value is -1.36. The Kier molecular flexibility index (Phi) is 2.21. The van der Waals surface area contributed by atoms with Crippen molar-refractivity contribution in [1.82, 2.24) is 0 Å². The molecule has 0 amide bonds. The lowest BCUT2D eigenvalue weighted by Gasteiger charge is -2.15. The normalized spacial score (nSPS) is 27.4. The van der Waals surface area contributed by atoms with Crippen LogP contribution in [0.4, 0.5) is 20.2 Å². The Morgan fingerprint density at radius 1 is 1.25 bits per heavy atom. The molecule has 2 aliphatic rings. The number of fused-ring (bicyclic) bond motifs is 2. The zero-order valence-corrected chi connectivity index (χ0v) is 8.59. The first-order chi connectivity index (χ1) is 7.74. The van der Waals surface area contributed by atoms with E-state index in [1.54, 1.807) is 0 Å². The molecule has 2 N–H and O–H groups in total. The zero-order valence-electron chi connectivity index (χ0n) is 8.59. The Morgan fingerprint density at radius 2 is 2.12 bits per heavy atom. The quantitative estimate of drug-likeness (QED) is 0.708. The van der Waals surface area contributed by atoms with Gasteiger partial charge in [0.05, 0.1) is 30.6 Å². The van der Waals surface area contributed by atoms with Crippen molar-refractivity contribution < 1.29 is 13.5 Å². The molecule has 86 valence electrons. The lowest BCUT2D eigenvalue weighted by atomic mass is 10.0. The van der Waals surface area contributed by atoms with E-state index < -0.39 is 11.6 Å². The van der Waals surface area contributed by atoms with Crippen molar-refractivity contribution in [2.45, 2.75) is 6.04 Å². The third kappa shape index (κ3) is 1.51. The molecule has 1 fully saturated rings. The van der Waals surface area contributed by atoms with Gasteiger partial charge in [0.25, 0.3) is 0 Å². The van der Waals surface area contributed by atoms with Crippen molar-refractivity contribution in [3.63, 3.8) is 0 Å². The molecule has 2 unspecified atom stereocenters. The second-order valence-corrected chi connectivity index (χ2v) is 4.24. The van der Waals surface area contributed by atoms with E-state index in [-0.39, 0.29) is 6.04 Å². The molecule has 0 aromatic heterocycles. The van der Waals surface area contributed by atoms with Crippen LogP contribution >= 0.6 is 0 Å². The molecular weight excluding hydrogens is 214 g/mol. The highest BCUT2D eigenvalue weighted by molar-refractivity contribution is 5.71. The first-order valence-corrected chi connectivity index (χ1v) is 5.31. The third-order valence-corrected chi connectivity index (χ3v) is 3.14. The van der Waals surface area contributed by atoms with Crippen LogP contribution in [0.1, 0.15) is 0 Å². The van der Waals surface area contributed by atoms with Crippen LogP contribution in [0.5, 0.6) is 0 Å². The van der Waals surface area contributed by atoms with Gasteiger partial charge in [0.1, 0.15) is 5.82 Å². The maximum absolute atomic E-state index is 13.5. The third-order valence-electron chi connectivity index (χ3n) is 3.14. The fourth-order valence-corrected chi connectivity index (χ4v) is 2.26. The molecule has 0 radical (unpaired) electrons. The summed E-state index contributed by atoms with van der Waals surface area (Å²) in [5, 5.41) is 6.14. The highest BCUT2D eigenvalue weighted by atomic mass is 19.1. The number of ether oxygens (including phenoxy) is 1. The van der Waals surface area contributed by atoms with Crippen LogP contribution in [-0.2, 0) is 4.74 Å². The van der Waals surface area contributed by atoms with Gasteiger partial charge in [0.2, 0.25) is 0 Å². The summed E-state index contributed by atoms with van der Waals surface area (Å²) in [4.78, 5) is 0. The summed E-state index contributed by atoms with van der Waals surface area (Å²) in [5.41, 5.74) is 0.839. The molecule has 1 aromatic rings. The van der Waals surface area contributed by atoms with Gasteiger partial charge in [0.15, 0.2) is 5.82 Å². The molecule has 0 aliphatic carbocycles. The number of hydrogen-bond acceptors (Lipinski definition) is 3.